The van der Waals surface area contributed by atoms with Crippen molar-refractivity contribution in [3.05, 3.63) is 24.3 Å². The molecular weight excluding hydrogens is 292 g/mol. The molecule has 10 heteroatoms. The van der Waals surface area contributed by atoms with E-state index in [-0.39, 0.29) is 6.42 Å². The third-order valence-electron chi connectivity index (χ3n) is 1.04. The molecule has 21 heavy (non-hydrogen) atoms. The maximum atomic E-state index is 9.55. The lowest BCUT2D eigenvalue weighted by atomic mass is 10.5. The molecular formula is C11H14O10. The van der Waals surface area contributed by atoms with Crippen LogP contribution in [0.4, 0.5) is 0 Å². The van der Waals surface area contributed by atoms with Crippen molar-refractivity contribution in [1.82, 2.24) is 0 Å². The van der Waals surface area contributed by atoms with E-state index in [1.54, 1.807) is 6.92 Å². The summed E-state index contributed by atoms with van der Waals surface area (Å²) in [5.41, 5.74) is 0. The smallest absolute Gasteiger partial charge is 0.328 e. The van der Waals surface area contributed by atoms with E-state index in [0.29, 0.717) is 24.3 Å². The lowest BCUT2D eigenvalue weighted by Gasteiger charge is -1.74. The number of carboxylic acid groups (broad SMARTS) is 5. The molecule has 0 saturated carbocycles. The molecule has 0 spiro atoms. The van der Waals surface area contributed by atoms with Crippen LogP contribution in [0.2, 0.25) is 0 Å². The average Bonchev–Trinajstić information content (AvgIpc) is 2.35. The number of carbonyl (C=O) groups is 5. The van der Waals surface area contributed by atoms with Crippen LogP contribution in [0.15, 0.2) is 24.3 Å². The molecule has 0 fully saturated rings. The molecule has 0 unspecified atom stereocenters. The van der Waals surface area contributed by atoms with E-state index in [2.05, 4.69) is 0 Å². The molecule has 0 heterocycles. The van der Waals surface area contributed by atoms with Gasteiger partial charge in [0.05, 0.1) is 0 Å². The molecule has 0 aliphatic rings. The van der Waals surface area contributed by atoms with Crippen molar-refractivity contribution >= 4 is 29.8 Å². The monoisotopic (exact) mass is 306 g/mol. The summed E-state index contributed by atoms with van der Waals surface area (Å²) in [5.74, 6) is -5.77. The predicted octanol–water partition coefficient (Wildman–Crippen LogP) is -0.0954. The number of aliphatic carboxylic acids is 5. The van der Waals surface area contributed by atoms with Gasteiger partial charge in [-0.2, -0.15) is 0 Å². The van der Waals surface area contributed by atoms with E-state index in [1.165, 1.54) is 0 Å². The van der Waals surface area contributed by atoms with Gasteiger partial charge < -0.3 is 25.5 Å². The van der Waals surface area contributed by atoms with Crippen molar-refractivity contribution in [2.75, 3.05) is 0 Å². The highest BCUT2D eigenvalue weighted by molar-refractivity contribution is 5.90. The van der Waals surface area contributed by atoms with Gasteiger partial charge in [0.2, 0.25) is 0 Å². The van der Waals surface area contributed by atoms with Crippen molar-refractivity contribution in [2.45, 2.75) is 13.3 Å². The molecule has 0 bridgehead atoms. The van der Waals surface area contributed by atoms with Crippen LogP contribution >= 0.6 is 0 Å². The quantitative estimate of drug-likeness (QED) is 0.429. The Morgan fingerprint density at radius 3 is 0.810 bits per heavy atom. The van der Waals surface area contributed by atoms with Crippen LogP contribution in [0.25, 0.3) is 0 Å². The second-order valence-corrected chi connectivity index (χ2v) is 2.77. The minimum Gasteiger partial charge on any atom is -0.481 e. The van der Waals surface area contributed by atoms with Crippen molar-refractivity contribution in [1.29, 1.82) is 0 Å². The summed E-state index contributed by atoms with van der Waals surface area (Å²) >= 11 is 0. The van der Waals surface area contributed by atoms with Gasteiger partial charge in [0.15, 0.2) is 0 Å². The predicted molar refractivity (Wildman–Crippen MR) is 66.8 cm³/mol. The van der Waals surface area contributed by atoms with E-state index in [9.17, 15) is 24.0 Å². The molecule has 0 aliphatic heterocycles. The normalized spacial score (nSPS) is 9.00. The zero-order chi connectivity index (χ0) is 17.4. The van der Waals surface area contributed by atoms with Crippen molar-refractivity contribution in [3.63, 3.8) is 0 Å². The maximum absolute atomic E-state index is 9.55. The highest BCUT2D eigenvalue weighted by Crippen LogP contribution is 1.71. The molecule has 5 N–H and O–H groups in total. The summed E-state index contributed by atoms with van der Waals surface area (Å²) in [6.07, 6.45) is 2.45. The van der Waals surface area contributed by atoms with Crippen LogP contribution in [-0.4, -0.2) is 55.4 Å². The molecule has 0 amide bonds. The van der Waals surface area contributed by atoms with Crippen LogP contribution in [-0.2, 0) is 24.0 Å². The van der Waals surface area contributed by atoms with Gasteiger partial charge in [-0.15, -0.1) is 0 Å². The van der Waals surface area contributed by atoms with Crippen molar-refractivity contribution < 1.29 is 49.5 Å². The summed E-state index contributed by atoms with van der Waals surface area (Å²) < 4.78 is 0. The van der Waals surface area contributed by atoms with Crippen LogP contribution in [0.3, 0.4) is 0 Å². The second kappa shape index (κ2) is 14.9. The SMILES string of the molecule is CCC(=O)O.O=C(O)/C=C\C(=O)O.O=C(O)/C=C\C(=O)O. The van der Waals surface area contributed by atoms with Crippen molar-refractivity contribution in [2.24, 2.45) is 0 Å². The number of rotatable bonds is 5. The standard InChI is InChI=1S/2C4H4O4.C3H6O2/c2*5-3(6)1-2-4(7)8;1-2-3(4)5/h2*1-2H,(H,5,6)(H,7,8);2H2,1H3,(H,4,5)/b2*2-1-;. The fourth-order valence-corrected chi connectivity index (χ4v) is 0.285. The van der Waals surface area contributed by atoms with Gasteiger partial charge in [0.1, 0.15) is 0 Å². The Labute approximate surface area is 118 Å². The first-order valence-electron chi connectivity index (χ1n) is 5.02. The van der Waals surface area contributed by atoms with Gasteiger partial charge in [-0.3, -0.25) is 4.79 Å². The van der Waals surface area contributed by atoms with Gasteiger partial charge in [-0.05, 0) is 0 Å². The molecule has 0 aliphatic carbocycles. The van der Waals surface area contributed by atoms with Crippen LogP contribution in [0.1, 0.15) is 13.3 Å². The molecule has 0 rings (SSSR count). The highest BCUT2D eigenvalue weighted by Gasteiger charge is 1.88. The lowest BCUT2D eigenvalue weighted by molar-refractivity contribution is -0.137. The minimum absolute atomic E-state index is 0.222. The molecule has 0 saturated heterocycles. The van der Waals surface area contributed by atoms with Gasteiger partial charge >= 0.3 is 29.8 Å². The van der Waals surface area contributed by atoms with Gasteiger partial charge in [0.25, 0.3) is 0 Å². The zero-order valence-corrected chi connectivity index (χ0v) is 10.8. The summed E-state index contributed by atoms with van der Waals surface area (Å²) in [5, 5.41) is 39.0. The van der Waals surface area contributed by atoms with E-state index in [4.69, 9.17) is 25.5 Å². The van der Waals surface area contributed by atoms with E-state index >= 15 is 0 Å². The Kier molecular flexibility index (Phi) is 16.3. The van der Waals surface area contributed by atoms with Crippen LogP contribution in [0, 0.1) is 0 Å². The summed E-state index contributed by atoms with van der Waals surface area (Å²) in [4.78, 5) is 47.6. The largest absolute Gasteiger partial charge is 0.481 e. The fourth-order valence-electron chi connectivity index (χ4n) is 0.285. The Balaban J connectivity index is -0.000000239. The number of hydrogen-bond donors (Lipinski definition) is 5. The Morgan fingerprint density at radius 1 is 0.619 bits per heavy atom. The molecule has 0 radical (unpaired) electrons. The minimum atomic E-state index is -1.26. The van der Waals surface area contributed by atoms with E-state index < -0.39 is 29.8 Å². The second-order valence-electron chi connectivity index (χ2n) is 2.77. The molecule has 0 aromatic rings. The van der Waals surface area contributed by atoms with E-state index in [1.807, 2.05) is 0 Å². The fraction of sp³-hybridized carbons (Fsp3) is 0.182. The Hall–Kier alpha value is -3.17. The summed E-state index contributed by atoms with van der Waals surface area (Å²) in [6.45, 7) is 1.60. The van der Waals surface area contributed by atoms with Gasteiger partial charge in [-0.25, -0.2) is 19.2 Å². The third-order valence-corrected chi connectivity index (χ3v) is 1.04. The first-order valence-corrected chi connectivity index (χ1v) is 5.02. The zero-order valence-electron chi connectivity index (χ0n) is 10.8. The molecule has 10 nitrogen and oxygen atoms in total. The summed E-state index contributed by atoms with van der Waals surface area (Å²) in [7, 11) is 0. The van der Waals surface area contributed by atoms with Gasteiger partial charge in [-0.1, -0.05) is 6.92 Å². The van der Waals surface area contributed by atoms with Crippen LogP contribution < -0.4 is 0 Å². The molecule has 0 atom stereocenters. The lowest BCUT2D eigenvalue weighted by Crippen LogP contribution is -1.91. The number of carboxylic acids is 5. The van der Waals surface area contributed by atoms with E-state index in [0.717, 1.165) is 0 Å². The van der Waals surface area contributed by atoms with Crippen molar-refractivity contribution in [3.8, 4) is 0 Å². The summed E-state index contributed by atoms with van der Waals surface area (Å²) in [6, 6.07) is 0. The van der Waals surface area contributed by atoms with Crippen LogP contribution in [0.5, 0.6) is 0 Å². The Bertz CT molecular complexity index is 366. The highest BCUT2D eigenvalue weighted by atomic mass is 16.4. The van der Waals surface area contributed by atoms with Gasteiger partial charge in [0, 0.05) is 30.7 Å². The number of hydrogen-bond acceptors (Lipinski definition) is 5. The first-order chi connectivity index (χ1) is 9.52. The third kappa shape index (κ3) is 47.5. The molecule has 0 aromatic carbocycles. The topological polar surface area (TPSA) is 186 Å². The molecule has 0 aromatic heterocycles. The maximum Gasteiger partial charge on any atom is 0.328 e. The first kappa shape index (κ1) is 23.0. The molecule has 118 valence electrons. The Morgan fingerprint density at radius 2 is 0.762 bits per heavy atom. The average molecular weight is 306 g/mol.